The lowest BCUT2D eigenvalue weighted by Gasteiger charge is -2.07. The second-order valence-electron chi connectivity index (χ2n) is 5.97. The second kappa shape index (κ2) is 6.36. The molecule has 0 aliphatic rings. The lowest BCUT2D eigenvalue weighted by Crippen LogP contribution is -1.94. The van der Waals surface area contributed by atoms with E-state index in [9.17, 15) is 9.50 Å². The van der Waals surface area contributed by atoms with Crippen molar-refractivity contribution >= 4 is 11.5 Å². The van der Waals surface area contributed by atoms with E-state index in [1.165, 1.54) is 12.1 Å². The number of phenols is 1. The number of hydrogen-bond acceptors (Lipinski definition) is 4. The minimum Gasteiger partial charge on any atom is -0.505 e. The van der Waals surface area contributed by atoms with Crippen LogP contribution in [0.2, 0.25) is 0 Å². The molecule has 130 valence electrons. The molecule has 0 aliphatic carbocycles. The Morgan fingerprint density at radius 1 is 1.04 bits per heavy atom. The third kappa shape index (κ3) is 3.02. The van der Waals surface area contributed by atoms with Gasteiger partial charge in [-0.05, 0) is 29.7 Å². The Kier molecular flexibility index (Phi) is 3.89. The summed E-state index contributed by atoms with van der Waals surface area (Å²) in [6.07, 6.45) is 3.61. The number of benzene rings is 2. The molecule has 2 heterocycles. The van der Waals surface area contributed by atoms with Crippen molar-refractivity contribution in [1.82, 2.24) is 20.4 Å². The van der Waals surface area contributed by atoms with E-state index >= 15 is 0 Å². The number of rotatable bonds is 4. The average Bonchev–Trinajstić information content (AvgIpc) is 3.32. The Balaban J connectivity index is 1.56. The van der Waals surface area contributed by atoms with Gasteiger partial charge in [0, 0.05) is 29.6 Å². The quantitative estimate of drug-likeness (QED) is 0.412. The number of anilines is 2. The summed E-state index contributed by atoms with van der Waals surface area (Å²) in [6, 6.07) is 12.5. The summed E-state index contributed by atoms with van der Waals surface area (Å²) >= 11 is 0. The van der Waals surface area contributed by atoms with Crippen LogP contribution in [0.1, 0.15) is 5.56 Å². The van der Waals surface area contributed by atoms with Crippen molar-refractivity contribution in [2.45, 2.75) is 6.92 Å². The van der Waals surface area contributed by atoms with Gasteiger partial charge in [-0.2, -0.15) is 10.2 Å². The molecule has 0 saturated carbocycles. The van der Waals surface area contributed by atoms with Crippen molar-refractivity contribution < 1.29 is 9.50 Å². The lowest BCUT2D eigenvalue weighted by atomic mass is 10.1. The highest BCUT2D eigenvalue weighted by atomic mass is 19.1. The molecule has 2 aromatic heterocycles. The van der Waals surface area contributed by atoms with Gasteiger partial charge < -0.3 is 10.4 Å². The van der Waals surface area contributed by atoms with Gasteiger partial charge in [0.2, 0.25) is 0 Å². The molecular weight excluding hydrogens is 333 g/mol. The number of aromatic hydroxyl groups is 1. The fraction of sp³-hybridized carbons (Fsp3) is 0.0526. The zero-order valence-corrected chi connectivity index (χ0v) is 13.9. The Morgan fingerprint density at radius 2 is 1.81 bits per heavy atom. The minimum absolute atomic E-state index is 0.367. The number of phenolic OH excluding ortho intramolecular Hbond substituents is 1. The summed E-state index contributed by atoms with van der Waals surface area (Å²) < 4.78 is 13.6. The van der Waals surface area contributed by atoms with Crippen molar-refractivity contribution in [2.75, 3.05) is 5.32 Å². The topological polar surface area (TPSA) is 89.6 Å². The molecule has 0 fully saturated rings. The SMILES string of the molecule is Cc1cc(O)c(F)cc1Nc1cc(-c2ccc(-c3cn[nH]c3)cc2)[nH]n1. The molecule has 0 atom stereocenters. The number of nitrogens with zero attached hydrogens (tertiary/aromatic N) is 2. The van der Waals surface area contributed by atoms with E-state index in [1.807, 2.05) is 36.5 Å². The van der Waals surface area contributed by atoms with Gasteiger partial charge in [-0.25, -0.2) is 4.39 Å². The standard InChI is InChI=1S/C19H16FN5O/c1-11-6-18(26)15(20)7-16(11)23-19-8-17(24-25-19)13-4-2-12(3-5-13)14-9-21-22-10-14/h2-10,26H,1H3,(H,21,22)(H2,23,24,25). The smallest absolute Gasteiger partial charge is 0.166 e. The molecule has 0 radical (unpaired) electrons. The number of halogens is 1. The maximum atomic E-state index is 13.6. The van der Waals surface area contributed by atoms with Crippen molar-refractivity contribution in [3.05, 3.63) is 66.2 Å². The van der Waals surface area contributed by atoms with Gasteiger partial charge in [-0.15, -0.1) is 0 Å². The fourth-order valence-corrected chi connectivity index (χ4v) is 2.72. The van der Waals surface area contributed by atoms with Gasteiger partial charge in [-0.3, -0.25) is 10.2 Å². The number of nitrogens with one attached hydrogen (secondary N) is 3. The first-order valence-electron chi connectivity index (χ1n) is 8.01. The zero-order valence-electron chi connectivity index (χ0n) is 13.9. The average molecular weight is 349 g/mol. The number of aryl methyl sites for hydroxylation is 1. The van der Waals surface area contributed by atoms with Gasteiger partial charge >= 0.3 is 0 Å². The van der Waals surface area contributed by atoms with E-state index in [-0.39, 0.29) is 5.75 Å². The largest absolute Gasteiger partial charge is 0.505 e. The fourth-order valence-electron chi connectivity index (χ4n) is 2.72. The Bertz CT molecular complexity index is 1040. The second-order valence-corrected chi connectivity index (χ2v) is 5.97. The van der Waals surface area contributed by atoms with Gasteiger partial charge in [0.25, 0.3) is 0 Å². The van der Waals surface area contributed by atoms with Crippen molar-refractivity contribution in [1.29, 1.82) is 0 Å². The van der Waals surface area contributed by atoms with E-state index in [4.69, 9.17) is 0 Å². The normalized spacial score (nSPS) is 10.8. The molecule has 0 unspecified atom stereocenters. The first-order valence-corrected chi connectivity index (χ1v) is 8.01. The van der Waals surface area contributed by atoms with Gasteiger partial charge in [0.1, 0.15) is 0 Å². The number of aromatic amines is 2. The van der Waals surface area contributed by atoms with Crippen LogP contribution in [0.5, 0.6) is 5.75 Å². The summed E-state index contributed by atoms with van der Waals surface area (Å²) in [5, 5.41) is 26.4. The van der Waals surface area contributed by atoms with E-state index in [0.717, 1.165) is 27.9 Å². The number of hydrogen-bond donors (Lipinski definition) is 4. The molecule has 7 heteroatoms. The van der Waals surface area contributed by atoms with Gasteiger partial charge in [-0.1, -0.05) is 24.3 Å². The first-order chi connectivity index (χ1) is 12.6. The molecule has 4 aromatic rings. The minimum atomic E-state index is -0.677. The lowest BCUT2D eigenvalue weighted by molar-refractivity contribution is 0.432. The van der Waals surface area contributed by atoms with Crippen LogP contribution < -0.4 is 5.32 Å². The Labute approximate surface area is 148 Å². The number of aromatic nitrogens is 4. The third-order valence-corrected chi connectivity index (χ3v) is 4.16. The van der Waals surface area contributed by atoms with Crippen LogP contribution in [0.25, 0.3) is 22.4 Å². The van der Waals surface area contributed by atoms with Crippen LogP contribution in [0.3, 0.4) is 0 Å². The predicted molar refractivity (Wildman–Crippen MR) is 97.7 cm³/mol. The summed E-state index contributed by atoms with van der Waals surface area (Å²) in [6.45, 7) is 1.78. The van der Waals surface area contributed by atoms with Crippen molar-refractivity contribution in [3.63, 3.8) is 0 Å². The third-order valence-electron chi connectivity index (χ3n) is 4.16. The highest BCUT2D eigenvalue weighted by Gasteiger charge is 2.09. The van der Waals surface area contributed by atoms with Crippen LogP contribution in [0.15, 0.2) is 54.9 Å². The maximum absolute atomic E-state index is 13.6. The molecule has 0 spiro atoms. The summed E-state index contributed by atoms with van der Waals surface area (Å²) in [5.41, 5.74) is 5.17. The van der Waals surface area contributed by atoms with Crippen LogP contribution in [-0.2, 0) is 0 Å². The maximum Gasteiger partial charge on any atom is 0.166 e. The molecule has 6 nitrogen and oxygen atoms in total. The van der Waals surface area contributed by atoms with Crippen LogP contribution >= 0.6 is 0 Å². The molecule has 26 heavy (non-hydrogen) atoms. The Morgan fingerprint density at radius 3 is 2.54 bits per heavy atom. The van der Waals surface area contributed by atoms with Gasteiger partial charge in [0.15, 0.2) is 17.4 Å². The van der Waals surface area contributed by atoms with Crippen LogP contribution in [0.4, 0.5) is 15.9 Å². The Hall–Kier alpha value is -3.61. The summed E-state index contributed by atoms with van der Waals surface area (Å²) in [7, 11) is 0. The molecule has 4 N–H and O–H groups in total. The van der Waals surface area contributed by atoms with Crippen LogP contribution in [-0.4, -0.2) is 25.5 Å². The monoisotopic (exact) mass is 349 g/mol. The molecule has 2 aromatic carbocycles. The van der Waals surface area contributed by atoms with E-state index < -0.39 is 5.82 Å². The predicted octanol–water partition coefficient (Wildman–Crippen LogP) is 4.36. The summed E-state index contributed by atoms with van der Waals surface area (Å²) in [5.74, 6) is -0.482. The van der Waals surface area contributed by atoms with E-state index in [2.05, 4.69) is 25.7 Å². The molecular formula is C19H16FN5O. The van der Waals surface area contributed by atoms with Crippen LogP contribution in [0, 0.1) is 12.7 Å². The van der Waals surface area contributed by atoms with Crippen molar-refractivity contribution in [2.24, 2.45) is 0 Å². The molecule has 4 rings (SSSR count). The van der Waals surface area contributed by atoms with Gasteiger partial charge in [0.05, 0.1) is 11.9 Å². The van der Waals surface area contributed by atoms with E-state index in [1.54, 1.807) is 13.1 Å². The number of H-pyrrole nitrogens is 2. The van der Waals surface area contributed by atoms with E-state index in [0.29, 0.717) is 11.5 Å². The molecule has 0 amide bonds. The highest BCUT2D eigenvalue weighted by Crippen LogP contribution is 2.28. The zero-order chi connectivity index (χ0) is 18.1. The summed E-state index contributed by atoms with van der Waals surface area (Å²) in [4.78, 5) is 0. The first kappa shape index (κ1) is 15.9. The molecule has 0 saturated heterocycles. The molecule has 0 aliphatic heterocycles. The van der Waals surface area contributed by atoms with Crippen molar-refractivity contribution in [3.8, 4) is 28.1 Å². The highest BCUT2D eigenvalue weighted by molar-refractivity contribution is 5.71. The molecule has 0 bridgehead atoms.